The van der Waals surface area contributed by atoms with Gasteiger partial charge in [0.15, 0.2) is 0 Å². The quantitative estimate of drug-likeness (QED) is 0.635. The van der Waals surface area contributed by atoms with Crippen LogP contribution in [0, 0.1) is 6.92 Å². The van der Waals surface area contributed by atoms with Gasteiger partial charge in [-0.3, -0.25) is 9.67 Å². The van der Waals surface area contributed by atoms with Crippen molar-refractivity contribution in [3.63, 3.8) is 0 Å². The molecule has 0 spiro atoms. The lowest BCUT2D eigenvalue weighted by molar-refractivity contribution is 0.797. The van der Waals surface area contributed by atoms with Crippen LogP contribution in [0.4, 0.5) is 0 Å². The number of hydrogen-bond donors (Lipinski definition) is 0. The monoisotopic (exact) mass is 223 g/mol. The van der Waals surface area contributed by atoms with Gasteiger partial charge in [0, 0.05) is 24.3 Å². The molecule has 2 heterocycles. The van der Waals surface area contributed by atoms with Gasteiger partial charge < -0.3 is 0 Å². The summed E-state index contributed by atoms with van der Waals surface area (Å²) in [6.07, 6.45) is 3.74. The topological polar surface area (TPSA) is 30.7 Å². The zero-order valence-corrected chi connectivity index (χ0v) is 9.88. The van der Waals surface area contributed by atoms with Crippen molar-refractivity contribution < 1.29 is 0 Å². The molecule has 3 nitrogen and oxygen atoms in total. The van der Waals surface area contributed by atoms with Gasteiger partial charge in [0.2, 0.25) is 0 Å². The predicted octanol–water partition coefficient (Wildman–Crippen LogP) is 2.94. The van der Waals surface area contributed by atoms with Gasteiger partial charge in [-0.05, 0) is 42.3 Å². The second kappa shape index (κ2) is 3.70. The van der Waals surface area contributed by atoms with Gasteiger partial charge in [-0.2, -0.15) is 5.10 Å². The number of aryl methyl sites for hydroxylation is 2. The van der Waals surface area contributed by atoms with Crippen molar-refractivity contribution in [2.75, 3.05) is 0 Å². The molecule has 1 aromatic carbocycles. The summed E-state index contributed by atoms with van der Waals surface area (Å²) in [4.78, 5) is 4.22. The van der Waals surface area contributed by atoms with E-state index < -0.39 is 0 Å². The normalized spacial score (nSPS) is 10.9. The molecule has 3 aromatic rings. The molecule has 0 bridgehead atoms. The summed E-state index contributed by atoms with van der Waals surface area (Å²) in [5, 5.41) is 5.42. The van der Waals surface area contributed by atoms with Crippen LogP contribution >= 0.6 is 0 Å². The van der Waals surface area contributed by atoms with E-state index in [2.05, 4.69) is 34.3 Å². The first-order chi connectivity index (χ1) is 8.24. The fraction of sp³-hybridized carbons (Fsp3) is 0.143. The summed E-state index contributed by atoms with van der Waals surface area (Å²) < 4.78 is 1.89. The van der Waals surface area contributed by atoms with Gasteiger partial charge in [-0.15, -0.1) is 0 Å². The Labute approximate surface area is 99.7 Å². The highest BCUT2D eigenvalue weighted by Gasteiger charge is 2.03. The molecule has 0 aliphatic carbocycles. The maximum atomic E-state index is 4.25. The third-order valence-corrected chi connectivity index (χ3v) is 2.98. The molecule has 3 heteroatoms. The summed E-state index contributed by atoms with van der Waals surface area (Å²) >= 11 is 0. The van der Waals surface area contributed by atoms with Gasteiger partial charge >= 0.3 is 0 Å². The molecular formula is C14H13N3. The smallest absolute Gasteiger partial charge is 0.0679 e. The third kappa shape index (κ3) is 1.69. The average molecular weight is 223 g/mol. The minimum atomic E-state index is 1.04. The summed E-state index contributed by atoms with van der Waals surface area (Å²) in [5.74, 6) is 0. The average Bonchev–Trinajstić information content (AvgIpc) is 2.71. The van der Waals surface area contributed by atoms with E-state index in [9.17, 15) is 0 Å². The summed E-state index contributed by atoms with van der Waals surface area (Å²) in [6.45, 7) is 2.01. The highest BCUT2D eigenvalue weighted by atomic mass is 15.2. The van der Waals surface area contributed by atoms with E-state index in [0.717, 1.165) is 11.2 Å². The molecule has 17 heavy (non-hydrogen) atoms. The van der Waals surface area contributed by atoms with Gasteiger partial charge in [-0.25, -0.2) is 0 Å². The Morgan fingerprint density at radius 2 is 1.88 bits per heavy atom. The molecule has 0 saturated heterocycles. The van der Waals surface area contributed by atoms with E-state index >= 15 is 0 Å². The Kier molecular flexibility index (Phi) is 2.18. The molecule has 0 unspecified atom stereocenters. The summed E-state index contributed by atoms with van der Waals surface area (Å²) in [7, 11) is 1.96. The number of aromatic nitrogens is 3. The molecule has 2 aromatic heterocycles. The lowest BCUT2D eigenvalue weighted by Gasteiger charge is -2.03. The van der Waals surface area contributed by atoms with Gasteiger partial charge in [0.05, 0.1) is 11.7 Å². The van der Waals surface area contributed by atoms with E-state index in [0.29, 0.717) is 0 Å². The highest BCUT2D eigenvalue weighted by Crippen LogP contribution is 2.24. The molecule has 0 N–H and O–H groups in total. The third-order valence-electron chi connectivity index (χ3n) is 2.98. The number of benzene rings is 1. The largest absolute Gasteiger partial charge is 0.268 e. The summed E-state index contributed by atoms with van der Waals surface area (Å²) in [5.41, 5.74) is 4.59. The number of hydrogen-bond acceptors (Lipinski definition) is 2. The molecule has 0 saturated carbocycles. The lowest BCUT2D eigenvalue weighted by Crippen LogP contribution is -1.88. The molecular weight excluding hydrogens is 210 g/mol. The van der Waals surface area contributed by atoms with E-state index in [1.165, 1.54) is 16.5 Å². The Morgan fingerprint density at radius 1 is 1.06 bits per heavy atom. The van der Waals surface area contributed by atoms with Crippen molar-refractivity contribution in [3.05, 3.63) is 48.4 Å². The van der Waals surface area contributed by atoms with Crippen LogP contribution in [0.2, 0.25) is 0 Å². The number of nitrogens with zero attached hydrogens (tertiary/aromatic N) is 3. The van der Waals surface area contributed by atoms with Crippen LogP contribution in [0.3, 0.4) is 0 Å². The van der Waals surface area contributed by atoms with Crippen molar-refractivity contribution in [3.8, 4) is 11.1 Å². The molecule has 0 radical (unpaired) electrons. The van der Waals surface area contributed by atoms with E-state index in [-0.39, 0.29) is 0 Å². The second-order valence-electron chi connectivity index (χ2n) is 4.23. The fourth-order valence-corrected chi connectivity index (χ4v) is 2.07. The van der Waals surface area contributed by atoms with Gasteiger partial charge in [0.1, 0.15) is 0 Å². The van der Waals surface area contributed by atoms with Crippen LogP contribution in [0.25, 0.3) is 22.0 Å². The van der Waals surface area contributed by atoms with Crippen molar-refractivity contribution in [2.24, 2.45) is 7.05 Å². The first-order valence-electron chi connectivity index (χ1n) is 5.59. The minimum Gasteiger partial charge on any atom is -0.268 e. The molecule has 0 amide bonds. The first-order valence-corrected chi connectivity index (χ1v) is 5.59. The van der Waals surface area contributed by atoms with Crippen LogP contribution in [-0.4, -0.2) is 14.8 Å². The zero-order valence-electron chi connectivity index (χ0n) is 9.88. The molecule has 0 fully saturated rings. The second-order valence-corrected chi connectivity index (χ2v) is 4.23. The first kappa shape index (κ1) is 10.0. The Hall–Kier alpha value is -2.16. The van der Waals surface area contributed by atoms with Crippen molar-refractivity contribution in [2.45, 2.75) is 6.92 Å². The highest BCUT2D eigenvalue weighted by molar-refractivity contribution is 5.84. The van der Waals surface area contributed by atoms with Crippen LogP contribution < -0.4 is 0 Å². The molecule has 84 valence electrons. The number of fused-ring (bicyclic) bond motifs is 1. The predicted molar refractivity (Wildman–Crippen MR) is 68.7 cm³/mol. The van der Waals surface area contributed by atoms with Gasteiger partial charge in [-0.1, -0.05) is 6.07 Å². The maximum Gasteiger partial charge on any atom is 0.0679 e. The van der Waals surface area contributed by atoms with Crippen LogP contribution in [0.15, 0.2) is 42.7 Å². The Morgan fingerprint density at radius 3 is 2.71 bits per heavy atom. The van der Waals surface area contributed by atoms with E-state index in [1.807, 2.05) is 37.1 Å². The molecule has 3 rings (SSSR count). The van der Waals surface area contributed by atoms with Crippen LogP contribution in [0.5, 0.6) is 0 Å². The van der Waals surface area contributed by atoms with E-state index in [1.54, 1.807) is 0 Å². The van der Waals surface area contributed by atoms with Crippen molar-refractivity contribution >= 4 is 10.9 Å². The van der Waals surface area contributed by atoms with Crippen molar-refractivity contribution in [1.29, 1.82) is 0 Å². The SMILES string of the molecule is Cc1cc(-c2ccc3c(cnn3C)c2)ccn1. The fourth-order valence-electron chi connectivity index (χ4n) is 2.07. The summed E-state index contributed by atoms with van der Waals surface area (Å²) in [6, 6.07) is 10.5. The molecule has 0 atom stereocenters. The van der Waals surface area contributed by atoms with Crippen LogP contribution in [0.1, 0.15) is 5.69 Å². The molecule has 0 aliphatic rings. The Bertz CT molecular complexity index is 683. The Balaban J connectivity index is 2.18. The number of pyridine rings is 1. The zero-order chi connectivity index (χ0) is 11.8. The van der Waals surface area contributed by atoms with E-state index in [4.69, 9.17) is 0 Å². The van der Waals surface area contributed by atoms with Gasteiger partial charge in [0.25, 0.3) is 0 Å². The van der Waals surface area contributed by atoms with Crippen LogP contribution in [-0.2, 0) is 7.05 Å². The standard InChI is InChI=1S/C14H13N3/c1-10-7-12(5-6-15-10)11-3-4-14-13(8-11)9-16-17(14)2/h3-9H,1-2H3. The maximum absolute atomic E-state index is 4.25. The lowest BCUT2D eigenvalue weighted by atomic mass is 10.0. The minimum absolute atomic E-state index is 1.04. The molecule has 0 aliphatic heterocycles. The van der Waals surface area contributed by atoms with Crippen molar-refractivity contribution in [1.82, 2.24) is 14.8 Å². The number of rotatable bonds is 1.